The van der Waals surface area contributed by atoms with E-state index < -0.39 is 27.8 Å². The Kier molecular flexibility index (Phi) is 6.54. The molecule has 1 amide bonds. The van der Waals surface area contributed by atoms with Gasteiger partial charge in [-0.15, -0.1) is 0 Å². The van der Waals surface area contributed by atoms with Gasteiger partial charge in [0.2, 0.25) is 15.9 Å². The Morgan fingerprint density at radius 1 is 1.25 bits per heavy atom. The van der Waals surface area contributed by atoms with Crippen molar-refractivity contribution in [2.45, 2.75) is 37.2 Å². The first kappa shape index (κ1) is 24.4. The lowest BCUT2D eigenvalue weighted by molar-refractivity contribution is -0.121. The second-order valence-electron chi connectivity index (χ2n) is 8.49. The Morgan fingerprint density at radius 3 is 2.72 bits per heavy atom. The average Bonchev–Trinajstić information content (AvgIpc) is 3.64. The molecule has 5 rings (SSSR count). The number of carbonyl (C=O) groups excluding carboxylic acids is 1. The maximum Gasteiger partial charge on any atom is 0.247 e. The number of hydrogen-bond acceptors (Lipinski definition) is 7. The molecule has 36 heavy (non-hydrogen) atoms. The number of amides is 1. The van der Waals surface area contributed by atoms with Crippen LogP contribution in [0.25, 0.3) is 10.2 Å². The highest BCUT2D eigenvalue weighted by Crippen LogP contribution is 2.38. The molecule has 0 radical (unpaired) electrons. The second kappa shape index (κ2) is 9.64. The normalized spacial score (nSPS) is 16.5. The zero-order valence-corrected chi connectivity index (χ0v) is 21.3. The summed E-state index contributed by atoms with van der Waals surface area (Å²) in [5, 5.41) is 0.421. The van der Waals surface area contributed by atoms with Gasteiger partial charge in [-0.1, -0.05) is 17.4 Å². The van der Waals surface area contributed by atoms with E-state index in [4.69, 9.17) is 14.1 Å². The summed E-state index contributed by atoms with van der Waals surface area (Å²) in [5.74, 6) is 0.196. The molecule has 1 saturated heterocycles. The highest BCUT2D eigenvalue weighted by molar-refractivity contribution is 7.89. The molecule has 2 aromatic heterocycles. The average molecular weight is 530 g/mol. The summed E-state index contributed by atoms with van der Waals surface area (Å²) in [7, 11) is -2.45. The van der Waals surface area contributed by atoms with Crippen LogP contribution in [0.3, 0.4) is 0 Å². The summed E-state index contributed by atoms with van der Waals surface area (Å²) in [4.78, 5) is 20.1. The van der Waals surface area contributed by atoms with Crippen molar-refractivity contribution in [3.8, 4) is 5.75 Å². The van der Waals surface area contributed by atoms with Crippen molar-refractivity contribution in [1.82, 2.24) is 9.29 Å². The number of hydrogen-bond donors (Lipinski definition) is 0. The van der Waals surface area contributed by atoms with Gasteiger partial charge in [-0.3, -0.25) is 9.69 Å². The van der Waals surface area contributed by atoms with E-state index >= 15 is 0 Å². The maximum absolute atomic E-state index is 14.0. The third-order valence-corrected chi connectivity index (χ3v) is 9.35. The zero-order chi connectivity index (χ0) is 25.4. The number of furan rings is 1. The third-order valence-electron chi connectivity index (χ3n) is 6.21. The summed E-state index contributed by atoms with van der Waals surface area (Å²) in [6.07, 6.45) is 2.41. The van der Waals surface area contributed by atoms with Gasteiger partial charge in [0.1, 0.15) is 28.9 Å². The molecule has 0 saturated carbocycles. The van der Waals surface area contributed by atoms with E-state index in [0.717, 1.165) is 22.4 Å². The molecule has 188 valence electrons. The van der Waals surface area contributed by atoms with Crippen molar-refractivity contribution in [2.24, 2.45) is 0 Å². The minimum atomic E-state index is -4.01. The first-order valence-corrected chi connectivity index (χ1v) is 13.6. The van der Waals surface area contributed by atoms with Crippen LogP contribution in [-0.2, 0) is 21.4 Å². The van der Waals surface area contributed by atoms with Gasteiger partial charge in [0, 0.05) is 6.54 Å². The van der Waals surface area contributed by atoms with Gasteiger partial charge in [-0.05, 0) is 67.8 Å². The second-order valence-corrected chi connectivity index (χ2v) is 11.4. The molecule has 11 heteroatoms. The number of aryl methyl sites for hydroxylation is 1. The molecule has 4 aromatic rings. The highest BCUT2D eigenvalue weighted by Gasteiger charge is 2.42. The van der Waals surface area contributed by atoms with Crippen molar-refractivity contribution in [1.29, 1.82) is 0 Å². The Bertz CT molecular complexity index is 1500. The number of halogens is 1. The SMILES string of the molecule is COc1ccc(C)c2sc(N(Cc3ccco3)C(=O)C3CCCN3S(=O)(=O)c3ccc(F)cc3)nc12. The predicted molar refractivity (Wildman–Crippen MR) is 134 cm³/mol. The van der Waals surface area contributed by atoms with Crippen molar-refractivity contribution in [3.05, 3.63) is 71.9 Å². The van der Waals surface area contributed by atoms with Crippen molar-refractivity contribution >= 4 is 42.6 Å². The van der Waals surface area contributed by atoms with Gasteiger partial charge >= 0.3 is 0 Å². The lowest BCUT2D eigenvalue weighted by atomic mass is 10.2. The van der Waals surface area contributed by atoms with E-state index in [-0.39, 0.29) is 18.0 Å². The molecule has 1 aliphatic heterocycles. The summed E-state index contributed by atoms with van der Waals surface area (Å²) >= 11 is 1.34. The summed E-state index contributed by atoms with van der Waals surface area (Å²) in [6, 6.07) is 10.9. The topological polar surface area (TPSA) is 93.0 Å². The van der Waals surface area contributed by atoms with Crippen LogP contribution in [0.1, 0.15) is 24.2 Å². The fourth-order valence-corrected chi connectivity index (χ4v) is 7.08. The summed E-state index contributed by atoms with van der Waals surface area (Å²) in [6.45, 7) is 2.24. The first-order chi connectivity index (χ1) is 17.3. The highest BCUT2D eigenvalue weighted by atomic mass is 32.2. The van der Waals surface area contributed by atoms with Crippen molar-refractivity contribution in [2.75, 3.05) is 18.6 Å². The number of anilines is 1. The standard InChI is InChI=1S/C25H24FN3O5S2/c1-16-7-12-21(33-2)22-23(16)35-25(27-22)28(15-18-5-4-14-34-18)24(30)20-6-3-13-29(20)36(31,32)19-10-8-17(26)9-11-19/h4-5,7-12,14,20H,3,6,13,15H2,1-2H3. The largest absolute Gasteiger partial charge is 0.494 e. The van der Waals surface area contributed by atoms with Crippen LogP contribution < -0.4 is 9.64 Å². The molecular weight excluding hydrogens is 505 g/mol. The summed E-state index contributed by atoms with van der Waals surface area (Å²) in [5.41, 5.74) is 1.62. The molecule has 0 bridgehead atoms. The number of sulfonamides is 1. The fraction of sp³-hybridized carbons (Fsp3) is 0.280. The van der Waals surface area contributed by atoms with Crippen molar-refractivity contribution < 1.29 is 26.8 Å². The molecular formula is C25H24FN3O5S2. The Hall–Kier alpha value is -3.28. The predicted octanol–water partition coefficient (Wildman–Crippen LogP) is 4.73. The number of nitrogens with zero attached hydrogens (tertiary/aromatic N) is 3. The molecule has 0 aliphatic carbocycles. The van der Waals surface area contributed by atoms with Crippen LogP contribution in [-0.4, -0.2) is 43.3 Å². The molecule has 8 nitrogen and oxygen atoms in total. The van der Waals surface area contributed by atoms with Crippen LogP contribution in [0.2, 0.25) is 0 Å². The van der Waals surface area contributed by atoms with E-state index in [1.54, 1.807) is 19.2 Å². The van der Waals surface area contributed by atoms with E-state index in [1.807, 2.05) is 19.1 Å². The van der Waals surface area contributed by atoms with Crippen LogP contribution in [0.4, 0.5) is 9.52 Å². The Morgan fingerprint density at radius 2 is 2.03 bits per heavy atom. The Balaban J connectivity index is 1.54. The number of ether oxygens (including phenoxy) is 1. The van der Waals surface area contributed by atoms with Crippen LogP contribution in [0.5, 0.6) is 5.75 Å². The molecule has 1 fully saturated rings. The quantitative estimate of drug-likeness (QED) is 0.344. The van der Waals surface area contributed by atoms with E-state index in [2.05, 4.69) is 0 Å². The fourth-order valence-electron chi connectivity index (χ4n) is 4.37. The van der Waals surface area contributed by atoms with Crippen LogP contribution >= 0.6 is 11.3 Å². The van der Waals surface area contributed by atoms with Crippen LogP contribution in [0, 0.1) is 12.7 Å². The third kappa shape index (κ3) is 4.38. The lowest BCUT2D eigenvalue weighted by Crippen LogP contribution is -2.47. The first-order valence-electron chi connectivity index (χ1n) is 11.3. The van der Waals surface area contributed by atoms with Gasteiger partial charge in [-0.2, -0.15) is 4.31 Å². The van der Waals surface area contributed by atoms with Crippen LogP contribution in [0.15, 0.2) is 64.1 Å². The van der Waals surface area contributed by atoms with Gasteiger partial charge < -0.3 is 9.15 Å². The number of rotatable bonds is 7. The van der Waals surface area contributed by atoms with Gasteiger partial charge in [-0.25, -0.2) is 17.8 Å². The van der Waals surface area contributed by atoms with Gasteiger partial charge in [0.25, 0.3) is 0 Å². The molecule has 1 atom stereocenters. The monoisotopic (exact) mass is 529 g/mol. The van der Waals surface area contributed by atoms with Gasteiger partial charge in [0.15, 0.2) is 5.13 Å². The van der Waals surface area contributed by atoms with E-state index in [0.29, 0.717) is 35.0 Å². The van der Waals surface area contributed by atoms with Gasteiger partial charge in [0.05, 0.1) is 29.5 Å². The zero-order valence-electron chi connectivity index (χ0n) is 19.7. The number of benzene rings is 2. The number of aromatic nitrogens is 1. The number of fused-ring (bicyclic) bond motifs is 1. The van der Waals surface area contributed by atoms with Crippen molar-refractivity contribution in [3.63, 3.8) is 0 Å². The maximum atomic E-state index is 14.0. The number of methoxy groups -OCH3 is 1. The van der Waals surface area contributed by atoms with E-state index in [1.165, 1.54) is 38.9 Å². The smallest absolute Gasteiger partial charge is 0.247 e. The number of carbonyl (C=O) groups is 1. The molecule has 1 aliphatic rings. The van der Waals surface area contributed by atoms with E-state index in [9.17, 15) is 17.6 Å². The number of thiazole rings is 1. The minimum absolute atomic E-state index is 0.0541. The summed E-state index contributed by atoms with van der Waals surface area (Å²) < 4.78 is 53.2. The molecule has 3 heterocycles. The molecule has 0 spiro atoms. The molecule has 2 aromatic carbocycles. The minimum Gasteiger partial charge on any atom is -0.494 e. The lowest BCUT2D eigenvalue weighted by Gasteiger charge is -2.28. The Labute approximate surface area is 212 Å². The molecule has 1 unspecified atom stereocenters. The molecule has 0 N–H and O–H groups in total.